The monoisotopic (exact) mass is 892 g/mol. The molecule has 14 nitrogen and oxygen atoms in total. The molecule has 4 aliphatic heterocycles. The molecule has 6 amide bonds. The number of benzene rings is 4. The van der Waals surface area contributed by atoms with Crippen molar-refractivity contribution in [1.29, 1.82) is 0 Å². The molecule has 0 radical (unpaired) electrons. The molecule has 0 aliphatic carbocycles. The van der Waals surface area contributed by atoms with Crippen LogP contribution < -0.4 is 20.9 Å². The predicted octanol–water partition coefficient (Wildman–Crippen LogP) is 7.12. The zero-order valence-corrected chi connectivity index (χ0v) is 37.0. The quantitative estimate of drug-likeness (QED) is 0.0647. The Morgan fingerprint density at radius 2 is 1.52 bits per heavy atom. The number of nitrogens with zero attached hydrogens (tertiary/aromatic N) is 5. The maximum Gasteiger partial charge on any atom is 0.264 e. The van der Waals surface area contributed by atoms with Gasteiger partial charge in [0.2, 0.25) is 11.8 Å². The number of amides is 6. The zero-order valence-electron chi connectivity index (χ0n) is 36.2. The van der Waals surface area contributed by atoms with Gasteiger partial charge in [0.05, 0.1) is 11.1 Å². The van der Waals surface area contributed by atoms with Crippen molar-refractivity contribution in [2.24, 2.45) is 0 Å². The van der Waals surface area contributed by atoms with E-state index < -0.39 is 35.7 Å². The van der Waals surface area contributed by atoms with E-state index >= 15 is 0 Å². The third-order valence-corrected chi connectivity index (χ3v) is 13.6. The molecule has 5 aromatic rings. The summed E-state index contributed by atoms with van der Waals surface area (Å²) in [6.45, 7) is 6.08. The number of hydrogen-bond acceptors (Lipinski definition) is 11. The van der Waals surface area contributed by atoms with Gasteiger partial charge >= 0.3 is 0 Å². The highest BCUT2D eigenvalue weighted by Crippen LogP contribution is 2.36. The Balaban J connectivity index is 0.686. The molecule has 0 spiro atoms. The maximum atomic E-state index is 14.0. The van der Waals surface area contributed by atoms with Crippen LogP contribution in [0.1, 0.15) is 99.6 Å². The van der Waals surface area contributed by atoms with Crippen molar-refractivity contribution in [3.63, 3.8) is 0 Å². The lowest BCUT2D eigenvalue weighted by atomic mass is 10.00. The highest BCUT2D eigenvalue weighted by molar-refractivity contribution is 7.13. The van der Waals surface area contributed by atoms with Gasteiger partial charge in [0.15, 0.2) is 5.13 Å². The summed E-state index contributed by atoms with van der Waals surface area (Å²) in [6, 6.07) is 27.4. The minimum atomic E-state index is -0.977. The number of anilines is 3. The Labute approximate surface area is 382 Å². The van der Waals surface area contributed by atoms with Crippen molar-refractivity contribution in [3.8, 4) is 11.1 Å². The molecular weight excluding hydrogens is 841 g/mol. The molecule has 9 rings (SSSR count). The van der Waals surface area contributed by atoms with E-state index in [2.05, 4.69) is 61.1 Å². The highest BCUT2D eigenvalue weighted by Gasteiger charge is 2.45. The Bertz CT molecular complexity index is 2580. The number of thiazole rings is 1. The Morgan fingerprint density at radius 3 is 2.28 bits per heavy atom. The van der Waals surface area contributed by atoms with Crippen LogP contribution in [0.15, 0.2) is 103 Å². The minimum absolute atomic E-state index is 0.0907. The first-order chi connectivity index (χ1) is 31.7. The third-order valence-electron chi connectivity index (χ3n) is 12.9. The topological polar surface area (TPSA) is 164 Å². The largest absolute Gasteiger partial charge is 0.384 e. The number of aromatic nitrogens is 1. The number of nitrogens with one attached hydrogen (secondary N) is 3. The van der Waals surface area contributed by atoms with Gasteiger partial charge in [0, 0.05) is 74.2 Å². The van der Waals surface area contributed by atoms with E-state index in [1.165, 1.54) is 23.4 Å². The van der Waals surface area contributed by atoms with Gasteiger partial charge in [-0.3, -0.25) is 49.2 Å². The van der Waals surface area contributed by atoms with E-state index in [4.69, 9.17) is 0 Å². The van der Waals surface area contributed by atoms with Crippen LogP contribution >= 0.6 is 11.3 Å². The van der Waals surface area contributed by atoms with Crippen LogP contribution in [-0.4, -0.2) is 100 Å². The molecule has 3 N–H and O–H groups in total. The minimum Gasteiger partial charge on any atom is -0.384 e. The fraction of sp³-hybridized carbons (Fsp3) is 0.340. The molecule has 2 atom stereocenters. The van der Waals surface area contributed by atoms with E-state index in [1.807, 2.05) is 42.5 Å². The molecular formula is C50H52N8O6S. The van der Waals surface area contributed by atoms with Crippen molar-refractivity contribution < 1.29 is 28.8 Å². The van der Waals surface area contributed by atoms with Crippen LogP contribution in [0, 0.1) is 0 Å². The Morgan fingerprint density at radius 1 is 0.769 bits per heavy atom. The first-order valence-corrected chi connectivity index (χ1v) is 23.5. The van der Waals surface area contributed by atoms with Crippen LogP contribution in [-0.2, 0) is 20.9 Å². The van der Waals surface area contributed by atoms with Crippen molar-refractivity contribution in [3.05, 3.63) is 130 Å². The van der Waals surface area contributed by atoms with Gasteiger partial charge in [-0.2, -0.15) is 0 Å². The number of hydrogen-bond donors (Lipinski definition) is 3. The molecule has 1 unspecified atom stereocenters. The van der Waals surface area contributed by atoms with E-state index in [0.29, 0.717) is 35.0 Å². The van der Waals surface area contributed by atoms with Crippen LogP contribution in [0.2, 0.25) is 0 Å². The molecule has 0 saturated carbocycles. The number of fused-ring (bicyclic) bond motifs is 2. The van der Waals surface area contributed by atoms with Crippen LogP contribution in [0.5, 0.6) is 0 Å². The third kappa shape index (κ3) is 9.43. The van der Waals surface area contributed by atoms with Crippen LogP contribution in [0.3, 0.4) is 0 Å². The standard InChI is InChI=1S/C50H52N8O6S/c59-42-22-21-41(45(60)53-42)58-48(63)38-13-10-14-40(43(38)49(58)64)51-23-8-3-1-2-4-9-25-55-26-28-56(29-27-55)37-19-17-33(18-20-37)35-15-16-36-32-57(47(62)39(36)31-35)44(34-11-6-5-7-12-34)46(61)54-50-52-24-30-65-50/h5-7,10-20,24,30-31,41,44,51H,1-4,8-9,21-23,25-29,32H2,(H,52,54,61)(H,53,59,60)/t41-,44?/m1/s1. The second kappa shape index (κ2) is 19.6. The molecule has 0 bridgehead atoms. The van der Waals surface area contributed by atoms with Gasteiger partial charge in [-0.05, 0) is 78.4 Å². The average molecular weight is 893 g/mol. The Kier molecular flexibility index (Phi) is 13.1. The number of unbranched alkanes of at least 4 members (excludes halogenated alkanes) is 5. The Hall–Kier alpha value is -6.71. The molecule has 1 aromatic heterocycles. The molecule has 5 heterocycles. The number of imide groups is 2. The molecule has 2 saturated heterocycles. The first kappa shape index (κ1) is 43.5. The SMILES string of the molecule is O=C1CC[C@@H](N2C(=O)c3cccc(NCCCCCCCCN4CCN(c5ccc(-c6ccc7c(c6)C(=O)N(C(C(=O)Nc6nccs6)c6ccccc6)C7)cc5)CC4)c3C2=O)C(=O)N1. The summed E-state index contributed by atoms with van der Waals surface area (Å²) in [6.07, 6.45) is 8.49. The molecule has 2 fully saturated rings. The van der Waals surface area contributed by atoms with Crippen LogP contribution in [0.4, 0.5) is 16.5 Å². The summed E-state index contributed by atoms with van der Waals surface area (Å²) < 4.78 is 0. The lowest BCUT2D eigenvalue weighted by Gasteiger charge is -2.36. The van der Waals surface area contributed by atoms with Crippen molar-refractivity contribution in [2.45, 2.75) is 70.0 Å². The maximum absolute atomic E-state index is 14.0. The fourth-order valence-corrected chi connectivity index (χ4v) is 9.96. The molecule has 4 aromatic carbocycles. The lowest BCUT2D eigenvalue weighted by molar-refractivity contribution is -0.136. The molecule has 4 aliphatic rings. The summed E-state index contributed by atoms with van der Waals surface area (Å²) in [5.41, 5.74) is 6.63. The smallest absolute Gasteiger partial charge is 0.264 e. The first-order valence-electron chi connectivity index (χ1n) is 22.6. The van der Waals surface area contributed by atoms with E-state index in [1.54, 1.807) is 34.7 Å². The molecule has 15 heteroatoms. The van der Waals surface area contributed by atoms with Crippen molar-refractivity contribution in [2.75, 3.05) is 54.8 Å². The van der Waals surface area contributed by atoms with E-state index in [0.717, 1.165) is 92.0 Å². The summed E-state index contributed by atoms with van der Waals surface area (Å²) in [5.74, 6) is -2.45. The number of carbonyl (C=O) groups is 6. The number of rotatable bonds is 17. The zero-order chi connectivity index (χ0) is 44.9. The second-order valence-corrected chi connectivity index (χ2v) is 17.9. The summed E-state index contributed by atoms with van der Waals surface area (Å²) in [7, 11) is 0. The molecule has 334 valence electrons. The van der Waals surface area contributed by atoms with Gasteiger partial charge in [-0.25, -0.2) is 4.98 Å². The number of piperidine rings is 1. The van der Waals surface area contributed by atoms with E-state index in [-0.39, 0.29) is 30.2 Å². The van der Waals surface area contributed by atoms with E-state index in [9.17, 15) is 28.8 Å². The number of carbonyl (C=O) groups excluding carboxylic acids is 6. The van der Waals surface area contributed by atoms with Gasteiger partial charge in [0.25, 0.3) is 23.6 Å². The fourth-order valence-electron chi connectivity index (χ4n) is 9.43. The van der Waals surface area contributed by atoms with Gasteiger partial charge in [-0.15, -0.1) is 11.3 Å². The second-order valence-electron chi connectivity index (χ2n) is 17.0. The summed E-state index contributed by atoms with van der Waals surface area (Å²) in [4.78, 5) is 89.9. The highest BCUT2D eigenvalue weighted by atomic mass is 32.1. The average Bonchev–Trinajstić information content (AvgIpc) is 4.02. The van der Waals surface area contributed by atoms with Crippen molar-refractivity contribution in [1.82, 2.24) is 25.0 Å². The van der Waals surface area contributed by atoms with Crippen molar-refractivity contribution >= 4 is 63.3 Å². The number of piperazine rings is 1. The lowest BCUT2D eigenvalue weighted by Crippen LogP contribution is -2.54. The summed E-state index contributed by atoms with van der Waals surface area (Å²) >= 11 is 1.34. The molecule has 65 heavy (non-hydrogen) atoms. The van der Waals surface area contributed by atoms with Crippen LogP contribution in [0.25, 0.3) is 11.1 Å². The van der Waals surface area contributed by atoms with Gasteiger partial charge in [-0.1, -0.05) is 86.3 Å². The van der Waals surface area contributed by atoms with Gasteiger partial charge in [0.1, 0.15) is 12.1 Å². The normalized spacial score (nSPS) is 17.9. The summed E-state index contributed by atoms with van der Waals surface area (Å²) in [5, 5.41) is 10.8. The predicted molar refractivity (Wildman–Crippen MR) is 250 cm³/mol. The van der Waals surface area contributed by atoms with Gasteiger partial charge < -0.3 is 15.1 Å².